The summed E-state index contributed by atoms with van der Waals surface area (Å²) in [6, 6.07) is 0. The molecule has 0 saturated carbocycles. The first kappa shape index (κ1) is 16.2. The van der Waals surface area contributed by atoms with E-state index in [2.05, 4.69) is 0 Å². The fraction of sp³-hybridized carbons (Fsp3) is 0.812. The van der Waals surface area contributed by atoms with E-state index in [1.54, 1.807) is 13.8 Å². The molecule has 0 aromatic carbocycles. The van der Waals surface area contributed by atoms with Gasteiger partial charge in [-0.2, -0.15) is 0 Å². The van der Waals surface area contributed by atoms with Gasteiger partial charge < -0.3 is 18.9 Å². The number of hydrogen-bond donors (Lipinski definition) is 0. The highest BCUT2D eigenvalue weighted by Gasteiger charge is 2.65. The van der Waals surface area contributed by atoms with Gasteiger partial charge in [0.2, 0.25) is 0 Å². The van der Waals surface area contributed by atoms with Crippen LogP contribution in [-0.4, -0.2) is 48.9 Å². The molecule has 5 atom stereocenters. The number of carbonyl (C=O) groups excluding carboxylic acids is 3. The van der Waals surface area contributed by atoms with E-state index in [9.17, 15) is 14.4 Å². The van der Waals surface area contributed by atoms with Gasteiger partial charge in [-0.15, -0.1) is 0 Å². The van der Waals surface area contributed by atoms with Gasteiger partial charge in [-0.05, 0) is 26.7 Å². The fourth-order valence-electron chi connectivity index (χ4n) is 3.16. The smallest absolute Gasteiger partial charge is 0.312 e. The zero-order chi connectivity index (χ0) is 16.8. The molecule has 3 fully saturated rings. The highest BCUT2D eigenvalue weighted by atomic mass is 16.7. The van der Waals surface area contributed by atoms with Crippen LogP contribution in [0.15, 0.2) is 0 Å². The van der Waals surface area contributed by atoms with Crippen LogP contribution in [0, 0.1) is 11.3 Å². The lowest BCUT2D eigenvalue weighted by atomic mass is 9.88. The summed E-state index contributed by atoms with van der Waals surface area (Å²) in [5.74, 6) is -1.29. The lowest BCUT2D eigenvalue weighted by Gasteiger charge is -2.23. The second-order valence-electron chi connectivity index (χ2n) is 6.96. The van der Waals surface area contributed by atoms with E-state index < -0.39 is 23.6 Å². The van der Waals surface area contributed by atoms with Crippen LogP contribution in [0.25, 0.3) is 0 Å². The molecule has 3 heterocycles. The van der Waals surface area contributed by atoms with E-state index >= 15 is 0 Å². The van der Waals surface area contributed by atoms with Gasteiger partial charge in [0.15, 0.2) is 12.2 Å². The summed E-state index contributed by atoms with van der Waals surface area (Å²) in [7, 11) is 0. The van der Waals surface area contributed by atoms with E-state index in [4.69, 9.17) is 18.9 Å². The van der Waals surface area contributed by atoms with Crippen LogP contribution in [0.1, 0.15) is 40.0 Å². The predicted octanol–water partition coefficient (Wildman–Crippen LogP) is 0.980. The maximum absolute atomic E-state index is 11.9. The summed E-state index contributed by atoms with van der Waals surface area (Å²) >= 11 is 0. The largest absolute Gasteiger partial charge is 0.465 e. The molecular weight excluding hydrogens is 304 g/mol. The minimum Gasteiger partial charge on any atom is -0.465 e. The molecular formula is C16H22O7. The van der Waals surface area contributed by atoms with Crippen molar-refractivity contribution in [3.63, 3.8) is 0 Å². The SMILES string of the molecule is CCC(C)(C)C(=O)OCCC(=O)OC1C2CC3C(=O)OC1C3O2. The Labute approximate surface area is 134 Å². The topological polar surface area (TPSA) is 88.1 Å². The third-order valence-corrected chi connectivity index (χ3v) is 5.03. The summed E-state index contributed by atoms with van der Waals surface area (Å²) in [6.07, 6.45) is -0.413. The monoisotopic (exact) mass is 326 g/mol. The Balaban J connectivity index is 1.44. The van der Waals surface area contributed by atoms with E-state index in [1.807, 2.05) is 6.92 Å². The van der Waals surface area contributed by atoms with Crippen molar-refractivity contribution < 1.29 is 33.3 Å². The zero-order valence-corrected chi connectivity index (χ0v) is 13.6. The molecule has 23 heavy (non-hydrogen) atoms. The van der Waals surface area contributed by atoms with Gasteiger partial charge in [-0.3, -0.25) is 14.4 Å². The molecule has 5 unspecified atom stereocenters. The molecule has 0 aromatic rings. The van der Waals surface area contributed by atoms with E-state index in [-0.39, 0.29) is 43.1 Å². The molecule has 3 saturated heterocycles. The third kappa shape index (κ3) is 2.82. The van der Waals surface area contributed by atoms with Gasteiger partial charge in [0.1, 0.15) is 12.7 Å². The van der Waals surface area contributed by atoms with Crippen molar-refractivity contribution in [2.24, 2.45) is 11.3 Å². The normalized spacial score (nSPS) is 34.4. The first-order chi connectivity index (χ1) is 10.8. The number of ether oxygens (including phenoxy) is 4. The standard InChI is InChI=1S/C16H22O7/c1-4-16(2,3)15(19)20-6-5-10(17)22-12-9-7-8-11(21-9)13(12)23-14(8)18/h8-9,11-13H,4-7H2,1-3H3. The summed E-state index contributed by atoms with van der Waals surface area (Å²) in [5, 5.41) is 0. The molecule has 7 nitrogen and oxygen atoms in total. The van der Waals surface area contributed by atoms with E-state index in [0.717, 1.165) is 0 Å². The molecule has 2 bridgehead atoms. The summed E-state index contributed by atoms with van der Waals surface area (Å²) in [5.41, 5.74) is -0.560. The number of rotatable bonds is 6. The molecule has 0 spiro atoms. The Morgan fingerprint density at radius 3 is 2.74 bits per heavy atom. The van der Waals surface area contributed by atoms with Crippen molar-refractivity contribution >= 4 is 17.9 Å². The van der Waals surface area contributed by atoms with Gasteiger partial charge in [0.05, 0.1) is 23.9 Å². The highest BCUT2D eigenvalue weighted by Crippen LogP contribution is 2.47. The van der Waals surface area contributed by atoms with E-state index in [1.165, 1.54) is 0 Å². The molecule has 0 aromatic heterocycles. The van der Waals surface area contributed by atoms with Crippen LogP contribution in [0.2, 0.25) is 0 Å². The Morgan fingerprint density at radius 2 is 2.04 bits per heavy atom. The fourth-order valence-corrected chi connectivity index (χ4v) is 3.16. The van der Waals surface area contributed by atoms with Crippen LogP contribution < -0.4 is 0 Å². The Bertz CT molecular complexity index is 527. The van der Waals surface area contributed by atoms with Crippen molar-refractivity contribution in [2.45, 2.75) is 64.4 Å². The zero-order valence-electron chi connectivity index (χ0n) is 13.6. The lowest BCUT2D eigenvalue weighted by molar-refractivity contribution is -0.164. The van der Waals surface area contributed by atoms with Crippen molar-refractivity contribution in [3.05, 3.63) is 0 Å². The van der Waals surface area contributed by atoms with Crippen molar-refractivity contribution in [3.8, 4) is 0 Å². The minimum atomic E-state index is -0.560. The average Bonchev–Trinajstić information content (AvgIpc) is 3.12. The van der Waals surface area contributed by atoms with Gasteiger partial charge in [-0.1, -0.05) is 6.92 Å². The maximum atomic E-state index is 11.9. The van der Waals surface area contributed by atoms with Gasteiger partial charge in [-0.25, -0.2) is 0 Å². The van der Waals surface area contributed by atoms with E-state index in [0.29, 0.717) is 12.8 Å². The van der Waals surface area contributed by atoms with Crippen LogP contribution in [-0.2, 0) is 33.3 Å². The van der Waals surface area contributed by atoms with Gasteiger partial charge in [0.25, 0.3) is 0 Å². The molecule has 0 N–H and O–H groups in total. The minimum absolute atomic E-state index is 0.0180. The number of fused-ring (bicyclic) bond motifs is 1. The third-order valence-electron chi connectivity index (χ3n) is 5.03. The average molecular weight is 326 g/mol. The predicted molar refractivity (Wildman–Crippen MR) is 76.2 cm³/mol. The van der Waals surface area contributed by atoms with Crippen LogP contribution >= 0.6 is 0 Å². The highest BCUT2D eigenvalue weighted by molar-refractivity contribution is 5.78. The van der Waals surface area contributed by atoms with Crippen LogP contribution in [0.4, 0.5) is 0 Å². The molecule has 128 valence electrons. The second kappa shape index (κ2) is 5.78. The second-order valence-corrected chi connectivity index (χ2v) is 6.96. The van der Waals surface area contributed by atoms with Gasteiger partial charge in [0, 0.05) is 0 Å². The maximum Gasteiger partial charge on any atom is 0.312 e. The lowest BCUT2D eigenvalue weighted by Crippen LogP contribution is -2.40. The molecule has 0 radical (unpaired) electrons. The molecule has 0 aliphatic carbocycles. The van der Waals surface area contributed by atoms with Crippen molar-refractivity contribution in [1.29, 1.82) is 0 Å². The summed E-state index contributed by atoms with van der Waals surface area (Å²) in [4.78, 5) is 35.3. The Morgan fingerprint density at radius 1 is 1.30 bits per heavy atom. The Kier molecular flexibility index (Phi) is 4.08. The van der Waals surface area contributed by atoms with Crippen LogP contribution in [0.3, 0.4) is 0 Å². The summed E-state index contributed by atoms with van der Waals surface area (Å²) in [6.45, 7) is 5.48. The first-order valence-electron chi connectivity index (χ1n) is 8.06. The van der Waals surface area contributed by atoms with Crippen molar-refractivity contribution in [1.82, 2.24) is 0 Å². The number of carbonyl (C=O) groups is 3. The molecule has 3 rings (SSSR count). The Hall–Kier alpha value is -1.63. The number of hydrogen-bond acceptors (Lipinski definition) is 7. The quantitative estimate of drug-likeness (QED) is 0.531. The molecule has 7 heteroatoms. The molecule has 0 amide bonds. The van der Waals surface area contributed by atoms with Crippen LogP contribution in [0.5, 0.6) is 0 Å². The van der Waals surface area contributed by atoms with Crippen molar-refractivity contribution in [2.75, 3.05) is 6.61 Å². The van der Waals surface area contributed by atoms with Gasteiger partial charge >= 0.3 is 17.9 Å². The molecule has 3 aliphatic heterocycles. The summed E-state index contributed by atoms with van der Waals surface area (Å²) < 4.78 is 21.4. The number of esters is 3. The molecule has 3 aliphatic rings. The first-order valence-corrected chi connectivity index (χ1v) is 8.06.